The number of imidazole rings is 1. The molecule has 4 nitrogen and oxygen atoms in total. The van der Waals surface area contributed by atoms with Gasteiger partial charge in [0.05, 0.1) is 23.7 Å². The fourth-order valence-corrected chi connectivity index (χ4v) is 2.26. The van der Waals surface area contributed by atoms with E-state index >= 15 is 0 Å². The zero-order valence-corrected chi connectivity index (χ0v) is 10.5. The van der Waals surface area contributed by atoms with Crippen LogP contribution in [0.15, 0.2) is 29.3 Å². The van der Waals surface area contributed by atoms with E-state index in [-0.39, 0.29) is 5.69 Å². The minimum atomic E-state index is -0.173. The molecule has 0 saturated heterocycles. The van der Waals surface area contributed by atoms with Crippen LogP contribution in [0.1, 0.15) is 5.56 Å². The molecule has 0 spiro atoms. The largest absolute Gasteiger partial charge is 0.494 e. The van der Waals surface area contributed by atoms with Crippen molar-refractivity contribution in [1.29, 1.82) is 0 Å². The lowest BCUT2D eigenvalue weighted by atomic mass is 10.2. The highest BCUT2D eigenvalue weighted by Gasteiger charge is 2.09. The van der Waals surface area contributed by atoms with Gasteiger partial charge in [0.25, 0.3) is 0 Å². The fourth-order valence-electron chi connectivity index (χ4n) is 1.57. The summed E-state index contributed by atoms with van der Waals surface area (Å²) in [6.45, 7) is 0.408. The van der Waals surface area contributed by atoms with E-state index in [9.17, 15) is 4.79 Å². The predicted octanol–water partition coefficient (Wildman–Crippen LogP) is 2.54. The molecule has 2 rings (SSSR count). The summed E-state index contributed by atoms with van der Waals surface area (Å²) >= 11 is 12.0. The van der Waals surface area contributed by atoms with E-state index in [1.165, 1.54) is 11.7 Å². The number of hydrogen-bond acceptors (Lipinski definition) is 2. The second-order valence-electron chi connectivity index (χ2n) is 3.49. The number of nitrogens with one attached hydrogen (secondary N) is 1. The Balaban J connectivity index is 2.35. The number of benzene rings is 1. The average Bonchev–Trinajstić information content (AvgIpc) is 2.64. The van der Waals surface area contributed by atoms with Gasteiger partial charge in [-0.25, -0.2) is 4.79 Å². The summed E-state index contributed by atoms with van der Waals surface area (Å²) in [5, 5.41) is 0.858. The molecule has 0 aliphatic carbocycles. The van der Waals surface area contributed by atoms with Crippen molar-refractivity contribution in [2.24, 2.45) is 0 Å². The van der Waals surface area contributed by atoms with Crippen LogP contribution >= 0.6 is 23.2 Å². The molecule has 0 unspecified atom stereocenters. The molecule has 1 aromatic heterocycles. The van der Waals surface area contributed by atoms with Crippen LogP contribution in [0.5, 0.6) is 5.75 Å². The van der Waals surface area contributed by atoms with Crippen LogP contribution in [0.4, 0.5) is 0 Å². The second kappa shape index (κ2) is 4.85. The van der Waals surface area contributed by atoms with Crippen molar-refractivity contribution < 1.29 is 4.74 Å². The fraction of sp³-hybridized carbons (Fsp3) is 0.182. The van der Waals surface area contributed by atoms with Crippen molar-refractivity contribution in [2.75, 3.05) is 7.11 Å². The molecular weight excluding hydrogens is 263 g/mol. The highest BCUT2D eigenvalue weighted by molar-refractivity contribution is 6.37. The number of aromatic nitrogens is 2. The van der Waals surface area contributed by atoms with Gasteiger partial charge >= 0.3 is 5.69 Å². The number of H-pyrrole nitrogens is 1. The molecule has 1 aromatic carbocycles. The monoisotopic (exact) mass is 272 g/mol. The number of ether oxygens (including phenoxy) is 1. The van der Waals surface area contributed by atoms with Crippen LogP contribution in [-0.4, -0.2) is 16.7 Å². The van der Waals surface area contributed by atoms with Gasteiger partial charge in [0.2, 0.25) is 0 Å². The average molecular weight is 273 g/mol. The van der Waals surface area contributed by atoms with Crippen molar-refractivity contribution in [2.45, 2.75) is 6.54 Å². The van der Waals surface area contributed by atoms with Gasteiger partial charge in [-0.1, -0.05) is 23.2 Å². The number of hydrogen-bond donors (Lipinski definition) is 1. The van der Waals surface area contributed by atoms with E-state index in [4.69, 9.17) is 27.9 Å². The first-order chi connectivity index (χ1) is 8.11. The molecule has 1 heterocycles. The quantitative estimate of drug-likeness (QED) is 0.934. The summed E-state index contributed by atoms with van der Waals surface area (Å²) in [6.07, 6.45) is 3.24. The first kappa shape index (κ1) is 12.1. The highest BCUT2D eigenvalue weighted by Crippen LogP contribution is 2.33. The third kappa shape index (κ3) is 2.48. The highest BCUT2D eigenvalue weighted by atomic mass is 35.5. The van der Waals surface area contributed by atoms with Crippen molar-refractivity contribution in [3.63, 3.8) is 0 Å². The van der Waals surface area contributed by atoms with E-state index in [0.717, 1.165) is 5.56 Å². The summed E-state index contributed by atoms with van der Waals surface area (Å²) in [4.78, 5) is 13.9. The van der Waals surface area contributed by atoms with Crippen LogP contribution in [0, 0.1) is 0 Å². The van der Waals surface area contributed by atoms with E-state index in [1.54, 1.807) is 24.5 Å². The first-order valence-corrected chi connectivity index (χ1v) is 5.63. The minimum Gasteiger partial charge on any atom is -0.494 e. The zero-order chi connectivity index (χ0) is 12.4. The second-order valence-corrected chi connectivity index (χ2v) is 4.30. The van der Waals surface area contributed by atoms with Crippen molar-refractivity contribution in [3.05, 3.63) is 50.6 Å². The summed E-state index contributed by atoms with van der Waals surface area (Å²) in [7, 11) is 1.50. The zero-order valence-electron chi connectivity index (χ0n) is 9.04. The van der Waals surface area contributed by atoms with Gasteiger partial charge in [-0.3, -0.25) is 4.57 Å². The molecule has 90 valence electrons. The Hall–Kier alpha value is -1.39. The van der Waals surface area contributed by atoms with Gasteiger partial charge < -0.3 is 9.72 Å². The molecule has 2 aromatic rings. The maximum Gasteiger partial charge on any atom is 0.325 e. The molecule has 0 atom stereocenters. The van der Waals surface area contributed by atoms with Crippen molar-refractivity contribution >= 4 is 23.2 Å². The summed E-state index contributed by atoms with van der Waals surface area (Å²) in [5.41, 5.74) is 0.663. The van der Waals surface area contributed by atoms with Gasteiger partial charge in [-0.15, -0.1) is 0 Å². The van der Waals surface area contributed by atoms with Gasteiger partial charge in [0, 0.05) is 12.4 Å². The molecule has 17 heavy (non-hydrogen) atoms. The summed E-state index contributed by atoms with van der Waals surface area (Å²) < 4.78 is 6.57. The van der Waals surface area contributed by atoms with Gasteiger partial charge in [0.15, 0.2) is 5.75 Å². The normalized spacial score (nSPS) is 10.5. The number of rotatable bonds is 3. The lowest BCUT2D eigenvalue weighted by molar-refractivity contribution is 0.415. The summed E-state index contributed by atoms with van der Waals surface area (Å²) in [5.74, 6) is 0.443. The molecule has 0 radical (unpaired) electrons. The van der Waals surface area contributed by atoms with Crippen LogP contribution < -0.4 is 10.4 Å². The molecule has 6 heteroatoms. The smallest absolute Gasteiger partial charge is 0.325 e. The van der Waals surface area contributed by atoms with E-state index in [1.807, 2.05) is 0 Å². The third-order valence-electron chi connectivity index (χ3n) is 2.34. The Kier molecular flexibility index (Phi) is 3.45. The topological polar surface area (TPSA) is 47.0 Å². The first-order valence-electron chi connectivity index (χ1n) is 4.87. The maximum absolute atomic E-state index is 11.3. The van der Waals surface area contributed by atoms with Crippen molar-refractivity contribution in [1.82, 2.24) is 9.55 Å². The molecule has 0 aliphatic heterocycles. The van der Waals surface area contributed by atoms with Crippen molar-refractivity contribution in [3.8, 4) is 5.75 Å². The Morgan fingerprint density at radius 1 is 1.35 bits per heavy atom. The number of methoxy groups -OCH3 is 1. The Morgan fingerprint density at radius 3 is 2.47 bits per heavy atom. The lowest BCUT2D eigenvalue weighted by Crippen LogP contribution is -2.16. The standard InChI is InChI=1S/C11H10Cl2N2O2/c1-17-10-8(12)4-7(5-9(10)13)6-15-3-2-14-11(15)16/h2-5H,6H2,1H3,(H,14,16). The molecule has 0 bridgehead atoms. The predicted molar refractivity (Wildman–Crippen MR) is 67.2 cm³/mol. The van der Waals surface area contributed by atoms with Gasteiger partial charge in [0.1, 0.15) is 0 Å². The number of aromatic amines is 1. The van der Waals surface area contributed by atoms with Crippen LogP contribution in [-0.2, 0) is 6.54 Å². The number of halogens is 2. The third-order valence-corrected chi connectivity index (χ3v) is 2.90. The van der Waals surface area contributed by atoms with E-state index in [0.29, 0.717) is 22.3 Å². The van der Waals surface area contributed by atoms with Gasteiger partial charge in [-0.2, -0.15) is 0 Å². The Morgan fingerprint density at radius 2 is 2.00 bits per heavy atom. The summed E-state index contributed by atoms with van der Waals surface area (Å²) in [6, 6.07) is 3.46. The molecule has 0 fully saturated rings. The number of nitrogens with zero attached hydrogens (tertiary/aromatic N) is 1. The van der Waals surface area contributed by atoms with E-state index < -0.39 is 0 Å². The SMILES string of the molecule is COc1c(Cl)cc(Cn2cc[nH]c2=O)cc1Cl. The molecule has 0 saturated carbocycles. The molecule has 1 N–H and O–H groups in total. The molecule has 0 amide bonds. The molecular formula is C11H10Cl2N2O2. The maximum atomic E-state index is 11.3. The minimum absolute atomic E-state index is 0.173. The van der Waals surface area contributed by atoms with Crippen LogP contribution in [0.3, 0.4) is 0 Å². The lowest BCUT2D eigenvalue weighted by Gasteiger charge is -2.08. The van der Waals surface area contributed by atoms with Gasteiger partial charge in [-0.05, 0) is 17.7 Å². The van der Waals surface area contributed by atoms with E-state index in [2.05, 4.69) is 4.98 Å². The van der Waals surface area contributed by atoms with Crippen LogP contribution in [0.2, 0.25) is 10.0 Å². The molecule has 0 aliphatic rings. The van der Waals surface area contributed by atoms with Crippen LogP contribution in [0.25, 0.3) is 0 Å². The Labute approximate surface area is 108 Å². The Bertz CT molecular complexity index is 566.